The molecule has 0 aliphatic heterocycles. The van der Waals surface area contributed by atoms with E-state index in [1.54, 1.807) is 11.0 Å². The third-order valence-electron chi connectivity index (χ3n) is 7.09. The first-order valence-corrected chi connectivity index (χ1v) is 12.4. The van der Waals surface area contributed by atoms with Crippen molar-refractivity contribution >= 4 is 5.91 Å². The van der Waals surface area contributed by atoms with Crippen molar-refractivity contribution in [1.82, 2.24) is 9.47 Å². The SMILES string of the molecule is C=CCN(C)C(=O)c1ccc(C(CC)(CC)c2ccc(OCC(O)C(C)(C)C)c(C)c2)n1CC. The average Bonchev–Trinajstić information content (AvgIpc) is 3.23. The summed E-state index contributed by atoms with van der Waals surface area (Å²) in [6, 6.07) is 10.4. The van der Waals surface area contributed by atoms with E-state index in [1.165, 1.54) is 5.56 Å². The number of likely N-dealkylation sites (N-methyl/N-ethyl adjacent to an activating group) is 1. The smallest absolute Gasteiger partial charge is 0.270 e. The van der Waals surface area contributed by atoms with Gasteiger partial charge in [-0.1, -0.05) is 52.8 Å². The Bertz CT molecular complexity index is 980. The molecular formula is C29H44N2O3. The van der Waals surface area contributed by atoms with Gasteiger partial charge in [-0.2, -0.15) is 0 Å². The summed E-state index contributed by atoms with van der Waals surface area (Å²) < 4.78 is 8.14. The highest BCUT2D eigenvalue weighted by molar-refractivity contribution is 5.93. The number of aryl methyl sites for hydroxylation is 1. The van der Waals surface area contributed by atoms with Crippen molar-refractivity contribution in [2.24, 2.45) is 5.41 Å². The highest BCUT2D eigenvalue weighted by Gasteiger charge is 2.35. The minimum absolute atomic E-state index is 0.00596. The van der Waals surface area contributed by atoms with Crippen LogP contribution in [-0.2, 0) is 12.0 Å². The van der Waals surface area contributed by atoms with Crippen LogP contribution < -0.4 is 4.74 Å². The lowest BCUT2D eigenvalue weighted by molar-refractivity contribution is 0.0216. The normalized spacial score (nSPS) is 13.0. The second-order valence-electron chi connectivity index (χ2n) is 10.3. The number of nitrogens with zero attached hydrogens (tertiary/aromatic N) is 2. The van der Waals surface area contributed by atoms with E-state index in [2.05, 4.69) is 57.0 Å². The number of amides is 1. The summed E-state index contributed by atoms with van der Waals surface area (Å²) >= 11 is 0. The van der Waals surface area contributed by atoms with Gasteiger partial charge < -0.3 is 19.3 Å². The molecule has 1 aromatic carbocycles. The number of hydrogen-bond acceptors (Lipinski definition) is 3. The molecule has 1 N–H and O–H groups in total. The third-order valence-corrected chi connectivity index (χ3v) is 7.09. The van der Waals surface area contributed by atoms with E-state index in [0.717, 1.165) is 36.4 Å². The molecule has 1 heterocycles. The average molecular weight is 469 g/mol. The standard InChI is InChI=1S/C29H44N2O3/c1-10-18-30(9)27(33)23-15-17-25(31(23)13-4)29(11-2,12-3)22-14-16-24(21(5)19-22)34-20-26(32)28(6,7)8/h10,14-17,19,26,32H,1,11-13,18,20H2,2-9H3. The maximum absolute atomic E-state index is 13.1. The molecule has 34 heavy (non-hydrogen) atoms. The molecule has 1 unspecified atom stereocenters. The summed E-state index contributed by atoms with van der Waals surface area (Å²) in [7, 11) is 1.81. The van der Waals surface area contributed by atoms with Crippen molar-refractivity contribution in [3.05, 3.63) is 65.5 Å². The minimum Gasteiger partial charge on any atom is -0.491 e. The monoisotopic (exact) mass is 468 g/mol. The van der Waals surface area contributed by atoms with E-state index in [1.807, 2.05) is 40.0 Å². The van der Waals surface area contributed by atoms with Crippen LogP contribution in [0.15, 0.2) is 43.0 Å². The predicted octanol–water partition coefficient (Wildman–Crippen LogP) is 5.97. The van der Waals surface area contributed by atoms with Crippen LogP contribution in [0.2, 0.25) is 0 Å². The summed E-state index contributed by atoms with van der Waals surface area (Å²) in [4.78, 5) is 14.8. The lowest BCUT2D eigenvalue weighted by atomic mass is 9.72. The maximum atomic E-state index is 13.1. The van der Waals surface area contributed by atoms with E-state index in [4.69, 9.17) is 4.74 Å². The molecule has 0 aliphatic carbocycles. The van der Waals surface area contributed by atoms with E-state index in [0.29, 0.717) is 12.2 Å². The highest BCUT2D eigenvalue weighted by Crippen LogP contribution is 2.41. The fourth-order valence-corrected chi connectivity index (χ4v) is 4.58. The first-order valence-electron chi connectivity index (χ1n) is 12.4. The number of benzene rings is 1. The molecule has 0 fully saturated rings. The summed E-state index contributed by atoms with van der Waals surface area (Å²) in [5.74, 6) is 0.799. The van der Waals surface area contributed by atoms with Crippen molar-refractivity contribution in [3.8, 4) is 5.75 Å². The summed E-state index contributed by atoms with van der Waals surface area (Å²) in [6.07, 6.45) is 3.02. The Balaban J connectivity index is 2.46. The summed E-state index contributed by atoms with van der Waals surface area (Å²) in [5, 5.41) is 10.4. The van der Waals surface area contributed by atoms with Crippen LogP contribution in [0.25, 0.3) is 0 Å². The van der Waals surface area contributed by atoms with Gasteiger partial charge in [0, 0.05) is 31.2 Å². The minimum atomic E-state index is -0.542. The van der Waals surface area contributed by atoms with Crippen molar-refractivity contribution < 1.29 is 14.6 Å². The van der Waals surface area contributed by atoms with Crippen LogP contribution in [0.4, 0.5) is 0 Å². The van der Waals surface area contributed by atoms with Crippen LogP contribution >= 0.6 is 0 Å². The molecule has 0 saturated carbocycles. The van der Waals surface area contributed by atoms with Gasteiger partial charge in [0.15, 0.2) is 0 Å². The van der Waals surface area contributed by atoms with Crippen LogP contribution in [0.1, 0.15) is 81.7 Å². The Morgan fingerprint density at radius 1 is 1.18 bits per heavy atom. The third kappa shape index (κ3) is 5.57. The lowest BCUT2D eigenvalue weighted by Crippen LogP contribution is -2.33. The Kier molecular flexibility index (Phi) is 9.18. The van der Waals surface area contributed by atoms with Gasteiger partial charge in [0.1, 0.15) is 18.1 Å². The molecule has 0 aliphatic rings. The van der Waals surface area contributed by atoms with Gasteiger partial charge in [0.05, 0.1) is 6.10 Å². The molecule has 0 radical (unpaired) electrons. The highest BCUT2D eigenvalue weighted by atomic mass is 16.5. The Morgan fingerprint density at radius 2 is 1.82 bits per heavy atom. The Morgan fingerprint density at radius 3 is 2.32 bits per heavy atom. The van der Waals surface area contributed by atoms with E-state index >= 15 is 0 Å². The molecule has 1 aromatic heterocycles. The molecule has 5 heteroatoms. The van der Waals surface area contributed by atoms with E-state index < -0.39 is 6.10 Å². The molecule has 5 nitrogen and oxygen atoms in total. The maximum Gasteiger partial charge on any atom is 0.270 e. The molecular weight excluding hydrogens is 424 g/mol. The number of carbonyl (C=O) groups excluding carboxylic acids is 1. The van der Waals surface area contributed by atoms with Crippen molar-refractivity contribution in [3.63, 3.8) is 0 Å². The van der Waals surface area contributed by atoms with Crippen LogP contribution in [-0.4, -0.2) is 46.8 Å². The van der Waals surface area contributed by atoms with Crippen molar-refractivity contribution in [2.45, 2.75) is 79.4 Å². The zero-order chi connectivity index (χ0) is 25.7. The predicted molar refractivity (Wildman–Crippen MR) is 141 cm³/mol. The van der Waals surface area contributed by atoms with Crippen LogP contribution in [0.5, 0.6) is 5.75 Å². The van der Waals surface area contributed by atoms with Crippen molar-refractivity contribution in [2.75, 3.05) is 20.2 Å². The molecule has 0 saturated heterocycles. The first-order chi connectivity index (χ1) is 16.0. The van der Waals surface area contributed by atoms with Gasteiger partial charge in [-0.05, 0) is 61.4 Å². The van der Waals surface area contributed by atoms with Gasteiger partial charge in [-0.15, -0.1) is 6.58 Å². The summed E-state index contributed by atoms with van der Waals surface area (Å²) in [5.41, 5.74) is 3.67. The molecule has 0 spiro atoms. The second kappa shape index (κ2) is 11.3. The fourth-order valence-electron chi connectivity index (χ4n) is 4.58. The number of ether oxygens (including phenoxy) is 1. The zero-order valence-electron chi connectivity index (χ0n) is 22.4. The topological polar surface area (TPSA) is 54.7 Å². The van der Waals surface area contributed by atoms with E-state index in [-0.39, 0.29) is 23.3 Å². The Hall–Kier alpha value is -2.53. The largest absolute Gasteiger partial charge is 0.491 e. The van der Waals surface area contributed by atoms with Crippen LogP contribution in [0.3, 0.4) is 0 Å². The van der Waals surface area contributed by atoms with Crippen molar-refractivity contribution in [1.29, 1.82) is 0 Å². The summed E-state index contributed by atoms with van der Waals surface area (Å²) in [6.45, 7) is 19.8. The molecule has 2 aromatic rings. The van der Waals surface area contributed by atoms with Gasteiger partial charge >= 0.3 is 0 Å². The molecule has 188 valence electrons. The van der Waals surface area contributed by atoms with Gasteiger partial charge in [0.25, 0.3) is 5.91 Å². The number of aliphatic hydroxyl groups excluding tert-OH is 1. The van der Waals surface area contributed by atoms with Gasteiger partial charge in [-0.25, -0.2) is 0 Å². The number of aromatic nitrogens is 1. The lowest BCUT2D eigenvalue weighted by Gasteiger charge is -2.35. The zero-order valence-corrected chi connectivity index (χ0v) is 22.4. The number of carbonyl (C=O) groups is 1. The van der Waals surface area contributed by atoms with Gasteiger partial charge in [0.2, 0.25) is 0 Å². The molecule has 0 bridgehead atoms. The fraction of sp³-hybridized carbons (Fsp3) is 0.552. The van der Waals surface area contributed by atoms with Gasteiger partial charge in [-0.3, -0.25) is 4.79 Å². The quantitative estimate of drug-likeness (QED) is 0.414. The molecule has 1 amide bonds. The Labute approximate surface area is 206 Å². The second-order valence-corrected chi connectivity index (χ2v) is 10.3. The first kappa shape index (κ1) is 27.7. The number of hydrogen-bond donors (Lipinski definition) is 1. The number of aliphatic hydroxyl groups is 1. The molecule has 2 rings (SSSR count). The van der Waals surface area contributed by atoms with E-state index in [9.17, 15) is 9.90 Å². The van der Waals surface area contributed by atoms with Crippen LogP contribution in [0, 0.1) is 12.3 Å². The molecule has 1 atom stereocenters. The number of rotatable bonds is 11.